The fourth-order valence-electron chi connectivity index (χ4n) is 1.74. The van der Waals surface area contributed by atoms with Crippen molar-refractivity contribution in [3.8, 4) is 0 Å². The van der Waals surface area contributed by atoms with Crippen LogP contribution in [0.4, 0.5) is 0 Å². The Morgan fingerprint density at radius 2 is 2.00 bits per heavy atom. The first kappa shape index (κ1) is 15.3. The van der Waals surface area contributed by atoms with Crippen molar-refractivity contribution in [1.29, 1.82) is 0 Å². The Labute approximate surface area is 100 Å². The van der Waals surface area contributed by atoms with Crippen LogP contribution in [0.1, 0.15) is 33.6 Å². The zero-order valence-corrected chi connectivity index (χ0v) is 11.9. The van der Waals surface area contributed by atoms with Crippen molar-refractivity contribution in [2.75, 3.05) is 32.1 Å². The zero-order valence-electron chi connectivity index (χ0n) is 11.0. The molecule has 0 aliphatic carbocycles. The minimum atomic E-state index is 0.682. The van der Waals surface area contributed by atoms with Crippen LogP contribution in [0.15, 0.2) is 0 Å². The molecule has 0 saturated heterocycles. The first-order valence-corrected chi connectivity index (χ1v) is 7.48. The maximum Gasteiger partial charge on any atom is 0.0217 e. The minimum absolute atomic E-state index is 0.682. The van der Waals surface area contributed by atoms with E-state index in [9.17, 15) is 0 Å². The van der Waals surface area contributed by atoms with E-state index in [0.29, 0.717) is 12.1 Å². The van der Waals surface area contributed by atoms with Crippen molar-refractivity contribution in [3.63, 3.8) is 0 Å². The van der Waals surface area contributed by atoms with Gasteiger partial charge in [0, 0.05) is 18.6 Å². The lowest BCUT2D eigenvalue weighted by Crippen LogP contribution is -2.44. The van der Waals surface area contributed by atoms with Crippen LogP contribution in [0, 0.1) is 0 Å². The summed E-state index contributed by atoms with van der Waals surface area (Å²) in [7, 11) is 2.26. The second kappa shape index (κ2) is 9.49. The number of nitrogens with one attached hydrogen (secondary N) is 1. The lowest BCUT2D eigenvalue weighted by molar-refractivity contribution is 0.172. The van der Waals surface area contributed by atoms with Crippen molar-refractivity contribution in [2.45, 2.75) is 45.7 Å². The van der Waals surface area contributed by atoms with Gasteiger partial charge in [0.1, 0.15) is 0 Å². The maximum atomic E-state index is 3.44. The second-order valence-corrected chi connectivity index (χ2v) is 5.15. The van der Waals surface area contributed by atoms with Gasteiger partial charge in [-0.05, 0) is 45.4 Å². The van der Waals surface area contributed by atoms with E-state index in [1.165, 1.54) is 18.6 Å². The van der Waals surface area contributed by atoms with Crippen LogP contribution in [0.3, 0.4) is 0 Å². The highest BCUT2D eigenvalue weighted by atomic mass is 32.2. The monoisotopic (exact) mass is 232 g/mol. The molecule has 0 heterocycles. The first-order chi connectivity index (χ1) is 7.17. The summed E-state index contributed by atoms with van der Waals surface area (Å²) in [4.78, 5) is 2.53. The third kappa shape index (κ3) is 6.44. The average molecular weight is 232 g/mol. The highest BCUT2D eigenvalue weighted by Gasteiger charge is 2.17. The molecule has 15 heavy (non-hydrogen) atoms. The molecule has 0 fully saturated rings. The van der Waals surface area contributed by atoms with Gasteiger partial charge in [0.05, 0.1) is 0 Å². The summed E-state index contributed by atoms with van der Waals surface area (Å²) in [6.07, 6.45) is 4.70. The van der Waals surface area contributed by atoms with Crippen LogP contribution in [0.25, 0.3) is 0 Å². The Hall–Kier alpha value is 0.270. The quantitative estimate of drug-likeness (QED) is 0.657. The summed E-state index contributed by atoms with van der Waals surface area (Å²) in [6, 6.07) is 1.38. The van der Waals surface area contributed by atoms with Crippen LogP contribution in [-0.4, -0.2) is 49.1 Å². The van der Waals surface area contributed by atoms with E-state index in [1.807, 2.05) is 11.8 Å². The van der Waals surface area contributed by atoms with Crippen molar-refractivity contribution in [3.05, 3.63) is 0 Å². The van der Waals surface area contributed by atoms with E-state index in [4.69, 9.17) is 0 Å². The van der Waals surface area contributed by atoms with Crippen molar-refractivity contribution < 1.29 is 0 Å². The van der Waals surface area contributed by atoms with Gasteiger partial charge in [0.15, 0.2) is 0 Å². The largest absolute Gasteiger partial charge is 0.315 e. The van der Waals surface area contributed by atoms with Crippen LogP contribution < -0.4 is 5.32 Å². The Morgan fingerprint density at radius 1 is 1.33 bits per heavy atom. The van der Waals surface area contributed by atoms with Gasteiger partial charge in [-0.15, -0.1) is 0 Å². The molecule has 0 amide bonds. The zero-order chi connectivity index (χ0) is 11.7. The lowest BCUT2D eigenvalue weighted by Gasteiger charge is -2.32. The molecule has 0 saturated carbocycles. The smallest absolute Gasteiger partial charge is 0.0217 e. The fraction of sp³-hybridized carbons (Fsp3) is 1.00. The number of rotatable bonds is 9. The Bertz CT molecular complexity index is 142. The number of hydrogen-bond acceptors (Lipinski definition) is 3. The molecule has 2 nitrogen and oxygen atoms in total. The Balaban J connectivity index is 3.93. The molecule has 0 aromatic heterocycles. The second-order valence-electron chi connectivity index (χ2n) is 4.17. The maximum absolute atomic E-state index is 3.44. The number of thioether (sulfide) groups is 1. The average Bonchev–Trinajstić information content (AvgIpc) is 2.26. The number of hydrogen-bond donors (Lipinski definition) is 1. The molecule has 1 N–H and O–H groups in total. The lowest BCUT2D eigenvalue weighted by atomic mass is 10.1. The number of likely N-dealkylation sites (N-methyl/N-ethyl adjacent to an activating group) is 2. The number of nitrogens with zero attached hydrogens (tertiary/aromatic N) is 1. The molecule has 0 aliphatic rings. The van der Waals surface area contributed by atoms with Gasteiger partial charge < -0.3 is 5.32 Å². The van der Waals surface area contributed by atoms with Crippen LogP contribution in [0.2, 0.25) is 0 Å². The van der Waals surface area contributed by atoms with E-state index < -0.39 is 0 Å². The van der Waals surface area contributed by atoms with E-state index in [-0.39, 0.29) is 0 Å². The molecule has 0 bridgehead atoms. The molecular weight excluding hydrogens is 204 g/mol. The van der Waals surface area contributed by atoms with Crippen LogP contribution >= 0.6 is 11.8 Å². The summed E-state index contributed by atoms with van der Waals surface area (Å²) in [5.74, 6) is 1.27. The van der Waals surface area contributed by atoms with E-state index >= 15 is 0 Å². The predicted molar refractivity (Wildman–Crippen MR) is 72.8 cm³/mol. The third-order valence-electron chi connectivity index (χ3n) is 3.11. The highest BCUT2D eigenvalue weighted by molar-refractivity contribution is 7.98. The highest BCUT2D eigenvalue weighted by Crippen LogP contribution is 2.11. The van der Waals surface area contributed by atoms with Crippen LogP contribution in [0.5, 0.6) is 0 Å². The summed E-state index contributed by atoms with van der Waals surface area (Å²) in [6.45, 7) is 8.98. The van der Waals surface area contributed by atoms with E-state index in [0.717, 1.165) is 13.1 Å². The molecule has 3 heteroatoms. The topological polar surface area (TPSA) is 15.3 Å². The molecule has 2 unspecified atom stereocenters. The SMILES string of the molecule is CCNCC(CC)N(C)C(C)CCSC. The standard InChI is InChI=1S/C12H28N2S/c1-6-12(10-13-7-2)14(4)11(3)8-9-15-5/h11-13H,6-10H2,1-5H3. The van der Waals surface area contributed by atoms with E-state index in [2.05, 4.69) is 44.3 Å². The molecule has 0 rings (SSSR count). The molecule has 0 aromatic carbocycles. The van der Waals surface area contributed by atoms with Crippen LogP contribution in [-0.2, 0) is 0 Å². The first-order valence-electron chi connectivity index (χ1n) is 6.08. The molecule has 2 atom stereocenters. The van der Waals surface area contributed by atoms with Gasteiger partial charge in [0.2, 0.25) is 0 Å². The van der Waals surface area contributed by atoms with Gasteiger partial charge in [0.25, 0.3) is 0 Å². The van der Waals surface area contributed by atoms with Crippen molar-refractivity contribution in [1.82, 2.24) is 10.2 Å². The molecule has 0 aliphatic heterocycles. The fourth-order valence-corrected chi connectivity index (χ4v) is 2.32. The van der Waals surface area contributed by atoms with Crippen molar-refractivity contribution in [2.24, 2.45) is 0 Å². The molecule has 0 spiro atoms. The Morgan fingerprint density at radius 3 is 2.47 bits per heavy atom. The summed E-state index contributed by atoms with van der Waals surface area (Å²) < 4.78 is 0. The summed E-state index contributed by atoms with van der Waals surface area (Å²) >= 11 is 1.94. The predicted octanol–water partition coefficient (Wildman–Crippen LogP) is 2.45. The summed E-state index contributed by atoms with van der Waals surface area (Å²) in [5, 5.41) is 3.44. The minimum Gasteiger partial charge on any atom is -0.315 e. The van der Waals surface area contributed by atoms with Gasteiger partial charge in [-0.3, -0.25) is 4.90 Å². The molecule has 0 radical (unpaired) electrons. The molecule has 92 valence electrons. The normalized spacial score (nSPS) is 15.6. The third-order valence-corrected chi connectivity index (χ3v) is 3.76. The van der Waals surface area contributed by atoms with Gasteiger partial charge in [-0.1, -0.05) is 13.8 Å². The molecular formula is C12H28N2S. The van der Waals surface area contributed by atoms with Gasteiger partial charge >= 0.3 is 0 Å². The summed E-state index contributed by atoms with van der Waals surface area (Å²) in [5.41, 5.74) is 0. The van der Waals surface area contributed by atoms with E-state index in [1.54, 1.807) is 0 Å². The van der Waals surface area contributed by atoms with Crippen molar-refractivity contribution >= 4 is 11.8 Å². The van der Waals surface area contributed by atoms with Gasteiger partial charge in [-0.2, -0.15) is 11.8 Å². The Kier molecular flexibility index (Phi) is 9.66. The molecule has 0 aromatic rings. The van der Waals surface area contributed by atoms with Gasteiger partial charge in [-0.25, -0.2) is 0 Å².